The van der Waals surface area contributed by atoms with Gasteiger partial charge in [0.15, 0.2) is 17.5 Å². The summed E-state index contributed by atoms with van der Waals surface area (Å²) in [6.45, 7) is 5.47. The minimum absolute atomic E-state index is 0.134. The lowest BCUT2D eigenvalue weighted by Crippen LogP contribution is -2.46. The monoisotopic (exact) mass is 573 g/mol. The maximum atomic E-state index is 11.4. The van der Waals surface area contributed by atoms with E-state index in [2.05, 4.69) is 35.7 Å². The second-order valence-corrected chi connectivity index (χ2v) is 10.1. The molecule has 2 bridgehead atoms. The Morgan fingerprint density at radius 1 is 0.929 bits per heavy atom. The second-order valence-electron chi connectivity index (χ2n) is 10.1. The molecule has 2 aromatic carbocycles. The number of H-pyrrole nitrogens is 1. The molecule has 3 N–H and O–H groups in total. The molecule has 3 fully saturated rings. The molecule has 11 heteroatoms. The highest BCUT2D eigenvalue weighted by Crippen LogP contribution is 2.41. The number of morpholine rings is 1. The van der Waals surface area contributed by atoms with E-state index >= 15 is 0 Å². The number of methoxy groups -OCH3 is 2. The van der Waals surface area contributed by atoms with Gasteiger partial charge < -0.3 is 29.7 Å². The third-order valence-electron chi connectivity index (χ3n) is 7.49. The van der Waals surface area contributed by atoms with Crippen LogP contribution in [0.3, 0.4) is 0 Å². The second kappa shape index (κ2) is 13.5. The van der Waals surface area contributed by atoms with E-state index in [4.69, 9.17) is 14.2 Å². The summed E-state index contributed by atoms with van der Waals surface area (Å²) < 4.78 is 16.4. The van der Waals surface area contributed by atoms with Crippen LogP contribution in [0.4, 0.5) is 23.1 Å². The topological polar surface area (TPSA) is 127 Å². The van der Waals surface area contributed by atoms with Gasteiger partial charge in [0, 0.05) is 17.0 Å². The number of carbonyl (C=O) groups excluding carboxylic acids is 1. The van der Waals surface area contributed by atoms with E-state index in [0.29, 0.717) is 29.5 Å². The van der Waals surface area contributed by atoms with Crippen LogP contribution in [0, 0.1) is 5.92 Å². The van der Waals surface area contributed by atoms with Gasteiger partial charge in [-0.05, 0) is 62.1 Å². The van der Waals surface area contributed by atoms with Crippen LogP contribution >= 0.6 is 0 Å². The lowest BCUT2D eigenvalue weighted by atomic mass is 10.2. The first-order valence-electron chi connectivity index (χ1n) is 14.5. The third kappa shape index (κ3) is 6.41. The largest absolute Gasteiger partial charge is 0.497 e. The van der Waals surface area contributed by atoms with Crippen molar-refractivity contribution >= 4 is 40.0 Å². The molecule has 2 saturated heterocycles. The van der Waals surface area contributed by atoms with Gasteiger partial charge in [0.1, 0.15) is 12.1 Å². The van der Waals surface area contributed by atoms with Crippen LogP contribution in [0.1, 0.15) is 39.5 Å². The number of fused-ring (bicyclic) bond motifs is 3. The van der Waals surface area contributed by atoms with Crippen LogP contribution in [0.25, 0.3) is 10.9 Å². The standard InChI is InChI=1S/C18H20N6O2.C11H13NO2.C2H6/c1-25-15-17(21-16-13-4-2-3-5-14(13)22-23-16)19-10-20-18(15)24-11-6-7-12(24)9-26-8-11;1-14-10-6-4-9(5-7-10)12-11(13)8-2-3-8;1-2/h2-5,10-12H,6-9H2,1H3,(H2,19,20,21,22,23);4-8H,2-3H2,1H3,(H,12,13);1-2H3. The molecule has 3 aliphatic rings. The molecule has 1 amide bonds. The molecule has 2 unspecified atom stereocenters. The quantitative estimate of drug-likeness (QED) is 0.261. The summed E-state index contributed by atoms with van der Waals surface area (Å²) in [5.74, 6) is 3.97. The van der Waals surface area contributed by atoms with Crippen LogP contribution in [0.15, 0.2) is 54.9 Å². The third-order valence-corrected chi connectivity index (χ3v) is 7.49. The summed E-state index contributed by atoms with van der Waals surface area (Å²) in [4.78, 5) is 22.6. The van der Waals surface area contributed by atoms with Gasteiger partial charge in [0.2, 0.25) is 11.7 Å². The molecule has 42 heavy (non-hydrogen) atoms. The molecule has 4 aromatic rings. The van der Waals surface area contributed by atoms with Crippen molar-refractivity contribution < 1.29 is 19.0 Å². The molecular formula is C31H39N7O4. The van der Waals surface area contributed by atoms with Gasteiger partial charge in [0.25, 0.3) is 0 Å². The van der Waals surface area contributed by atoms with Crippen molar-refractivity contribution in [3.8, 4) is 11.5 Å². The SMILES string of the molecule is CC.COc1c(Nc2n[nH]c3ccccc23)ncnc1N1C2CCC1COC2.COc1ccc(NC(=O)C2CC2)cc1. The first-order chi connectivity index (χ1) is 20.6. The lowest BCUT2D eigenvalue weighted by Gasteiger charge is -2.36. The summed E-state index contributed by atoms with van der Waals surface area (Å²) in [6.07, 6.45) is 5.86. The summed E-state index contributed by atoms with van der Waals surface area (Å²) in [6, 6.07) is 16.0. The van der Waals surface area contributed by atoms with E-state index in [0.717, 1.165) is 67.1 Å². The van der Waals surface area contributed by atoms with E-state index in [1.807, 2.05) is 62.4 Å². The van der Waals surface area contributed by atoms with Crippen molar-refractivity contribution in [1.29, 1.82) is 0 Å². The Labute approximate surface area is 246 Å². The van der Waals surface area contributed by atoms with Crippen molar-refractivity contribution in [3.63, 3.8) is 0 Å². The number of amides is 1. The summed E-state index contributed by atoms with van der Waals surface area (Å²) in [5, 5.41) is 14.6. The molecule has 1 aliphatic carbocycles. The minimum atomic E-state index is 0.134. The van der Waals surface area contributed by atoms with Crippen LogP contribution in [0.5, 0.6) is 11.5 Å². The molecule has 7 rings (SSSR count). The Bertz CT molecular complexity index is 1460. The van der Waals surface area contributed by atoms with Gasteiger partial charge in [-0.15, -0.1) is 0 Å². The number of hydrogen-bond acceptors (Lipinski definition) is 9. The normalized spacial score (nSPS) is 18.7. The first kappa shape index (κ1) is 29.1. The van der Waals surface area contributed by atoms with E-state index < -0.39 is 0 Å². The Hall–Kier alpha value is -4.38. The van der Waals surface area contributed by atoms with Crippen LogP contribution in [-0.2, 0) is 9.53 Å². The van der Waals surface area contributed by atoms with Gasteiger partial charge in [-0.3, -0.25) is 9.89 Å². The van der Waals surface area contributed by atoms with Crippen molar-refractivity contribution in [3.05, 3.63) is 54.9 Å². The van der Waals surface area contributed by atoms with Gasteiger partial charge >= 0.3 is 0 Å². The van der Waals surface area contributed by atoms with Gasteiger partial charge in [-0.25, -0.2) is 9.97 Å². The highest BCUT2D eigenvalue weighted by atomic mass is 16.5. The average molecular weight is 574 g/mol. The smallest absolute Gasteiger partial charge is 0.227 e. The minimum Gasteiger partial charge on any atom is -0.497 e. The molecule has 0 radical (unpaired) electrons. The molecule has 4 heterocycles. The number of aromatic amines is 1. The number of benzene rings is 2. The molecule has 0 spiro atoms. The zero-order chi connectivity index (χ0) is 29.5. The van der Waals surface area contributed by atoms with Gasteiger partial charge in [-0.2, -0.15) is 5.10 Å². The van der Waals surface area contributed by atoms with Crippen LogP contribution in [-0.4, -0.2) is 65.6 Å². The Kier molecular flexibility index (Phi) is 9.38. The molecule has 222 valence electrons. The predicted molar refractivity (Wildman–Crippen MR) is 164 cm³/mol. The maximum Gasteiger partial charge on any atom is 0.227 e. The van der Waals surface area contributed by atoms with Gasteiger partial charge in [-0.1, -0.05) is 26.0 Å². The number of anilines is 4. The highest BCUT2D eigenvalue weighted by Gasteiger charge is 2.40. The number of ether oxygens (including phenoxy) is 3. The Morgan fingerprint density at radius 2 is 1.64 bits per heavy atom. The molecule has 2 atom stereocenters. The van der Waals surface area contributed by atoms with E-state index in [1.165, 1.54) is 0 Å². The average Bonchev–Trinajstić information content (AvgIpc) is 3.78. The van der Waals surface area contributed by atoms with Crippen LogP contribution in [0.2, 0.25) is 0 Å². The number of nitrogens with one attached hydrogen (secondary N) is 3. The zero-order valence-electron chi connectivity index (χ0n) is 24.6. The fourth-order valence-electron chi connectivity index (χ4n) is 5.23. The summed E-state index contributed by atoms with van der Waals surface area (Å²) in [5.41, 5.74) is 1.80. The van der Waals surface area contributed by atoms with Crippen molar-refractivity contribution in [2.24, 2.45) is 5.92 Å². The molecule has 1 saturated carbocycles. The molecule has 2 aromatic heterocycles. The Balaban J connectivity index is 0.000000187. The van der Waals surface area contributed by atoms with E-state index in [-0.39, 0.29) is 11.8 Å². The zero-order valence-corrected chi connectivity index (χ0v) is 24.6. The van der Waals surface area contributed by atoms with E-state index in [1.54, 1.807) is 20.5 Å². The highest BCUT2D eigenvalue weighted by molar-refractivity contribution is 5.94. The molecule has 2 aliphatic heterocycles. The number of carbonyl (C=O) groups is 1. The van der Waals surface area contributed by atoms with Crippen LogP contribution < -0.4 is 25.0 Å². The number of nitrogens with zero attached hydrogens (tertiary/aromatic N) is 4. The van der Waals surface area contributed by atoms with Crippen molar-refractivity contribution in [2.75, 3.05) is 43.0 Å². The van der Waals surface area contributed by atoms with Crippen molar-refractivity contribution in [2.45, 2.75) is 51.6 Å². The number of hydrogen-bond donors (Lipinski definition) is 3. The first-order valence-corrected chi connectivity index (χ1v) is 14.5. The number of para-hydroxylation sites is 1. The number of aromatic nitrogens is 4. The summed E-state index contributed by atoms with van der Waals surface area (Å²) >= 11 is 0. The lowest BCUT2D eigenvalue weighted by molar-refractivity contribution is -0.117. The molecular weight excluding hydrogens is 534 g/mol. The predicted octanol–water partition coefficient (Wildman–Crippen LogP) is 5.54. The van der Waals surface area contributed by atoms with E-state index in [9.17, 15) is 4.79 Å². The fraction of sp³-hybridized carbons (Fsp3) is 0.419. The Morgan fingerprint density at radius 3 is 2.31 bits per heavy atom. The van der Waals surface area contributed by atoms with Crippen molar-refractivity contribution in [1.82, 2.24) is 20.2 Å². The van der Waals surface area contributed by atoms with Gasteiger partial charge in [0.05, 0.1) is 45.0 Å². The maximum absolute atomic E-state index is 11.4. The molecule has 11 nitrogen and oxygen atoms in total. The fourth-order valence-corrected chi connectivity index (χ4v) is 5.23. The summed E-state index contributed by atoms with van der Waals surface area (Å²) in [7, 11) is 3.27. The number of rotatable bonds is 7.